The summed E-state index contributed by atoms with van der Waals surface area (Å²) in [6.45, 7) is 12.6. The summed E-state index contributed by atoms with van der Waals surface area (Å²) in [6.07, 6.45) is 9.71. The van der Waals surface area contributed by atoms with E-state index in [-0.39, 0.29) is 42.8 Å². The number of primary amides is 1. The fraction of sp³-hybridized carbons (Fsp3) is 0.731. The Hall–Kier alpha value is -4.06. The van der Waals surface area contributed by atoms with Gasteiger partial charge in [-0.05, 0) is 107 Å². The van der Waals surface area contributed by atoms with E-state index in [4.69, 9.17) is 34.2 Å². The van der Waals surface area contributed by atoms with Gasteiger partial charge in [0.25, 0.3) is 11.7 Å². The molecule has 9 unspecified atom stereocenters. The lowest BCUT2D eigenvalue weighted by Gasteiger charge is -2.42. The fourth-order valence-corrected chi connectivity index (χ4v) is 10.4. The van der Waals surface area contributed by atoms with Crippen LogP contribution >= 0.6 is 0 Å². The molecule has 4 aliphatic rings. The highest BCUT2D eigenvalue weighted by atomic mass is 16.6. The molecule has 2 saturated heterocycles. The normalized spacial score (nSPS) is 39.0. The van der Waals surface area contributed by atoms with Crippen LogP contribution in [0.2, 0.25) is 0 Å². The van der Waals surface area contributed by atoms with Crippen LogP contribution in [-0.4, -0.2) is 133 Å². The Balaban J connectivity index is 1.70. The first kappa shape index (κ1) is 56.5. The number of esters is 1. The lowest BCUT2D eigenvalue weighted by atomic mass is 9.78. The molecule has 68 heavy (non-hydrogen) atoms. The zero-order valence-corrected chi connectivity index (χ0v) is 42.1. The van der Waals surface area contributed by atoms with Crippen LogP contribution < -0.4 is 5.73 Å². The maximum Gasteiger partial charge on any atom is 0.404 e. The van der Waals surface area contributed by atoms with Gasteiger partial charge in [-0.15, -0.1) is 0 Å². The Morgan fingerprint density at radius 1 is 0.882 bits per heavy atom. The van der Waals surface area contributed by atoms with Crippen LogP contribution in [0.3, 0.4) is 0 Å². The minimum absolute atomic E-state index is 0.00651. The fourth-order valence-electron chi connectivity index (χ4n) is 10.4. The first-order valence-corrected chi connectivity index (χ1v) is 24.6. The van der Waals surface area contributed by atoms with Gasteiger partial charge in [-0.1, -0.05) is 71.1 Å². The van der Waals surface area contributed by atoms with E-state index >= 15 is 0 Å². The SMILES string of the molecule is COC1CC2CC[C@@H](C)[C@@](O)(O2)C(=O)C(=O)N2CCCC[C@H]2C(=O)OC(C(C)CC2CC[C@@H](OC(N)=O)C(OC)C2)CC(=O)C(C)/C=C(\C)[C@@H](O)C(OC)C(=O)[C@H](C)CC(C)\C=C/C=C/C=C/1C. The number of cyclic esters (lactones) is 1. The number of piperidine rings is 1. The number of amides is 2. The summed E-state index contributed by atoms with van der Waals surface area (Å²) in [6, 6.07) is -1.17. The van der Waals surface area contributed by atoms with Gasteiger partial charge in [-0.3, -0.25) is 19.2 Å². The smallest absolute Gasteiger partial charge is 0.404 e. The molecule has 2 bridgehead atoms. The Morgan fingerprint density at radius 3 is 2.26 bits per heavy atom. The van der Waals surface area contributed by atoms with Crippen LogP contribution in [0.15, 0.2) is 47.6 Å². The second-order valence-electron chi connectivity index (χ2n) is 20.0. The summed E-state index contributed by atoms with van der Waals surface area (Å²) in [5, 5.41) is 23.4. The number of hydrogen-bond acceptors (Lipinski definition) is 14. The van der Waals surface area contributed by atoms with Gasteiger partial charge in [-0.25, -0.2) is 9.59 Å². The second kappa shape index (κ2) is 26.2. The molecule has 0 aromatic rings. The van der Waals surface area contributed by atoms with Gasteiger partial charge in [-0.2, -0.15) is 0 Å². The van der Waals surface area contributed by atoms with E-state index in [1.807, 2.05) is 51.2 Å². The molecular weight excluding hydrogens is 877 g/mol. The standard InChI is InChI=1S/C52H80N2O14/c1-30-16-12-11-13-17-31(2)42(63-8)28-38-21-19-36(7)52(62,68-38)48(58)49(59)54-23-15-14-18-39(54)50(60)66-43(33(4)26-37-20-22-41(67-51(53)61)44(27-37)64-9)29-40(55)32(3)25-35(6)46(57)47(65-10)45(56)34(5)24-30/h11-13,16-17,25,30,32-34,36-39,41-44,46-47,57,62H,14-15,18-24,26-29H2,1-10H3,(H2,53,61)/b13-11+,16-12-,31-17+,35-25+/t30?,32?,33?,34-,36-,37?,38?,39+,41-,42?,43?,44?,46-,47?,52-/m1/s1. The average Bonchev–Trinajstić information content (AvgIpc) is 3.30. The van der Waals surface area contributed by atoms with Crippen molar-refractivity contribution >= 4 is 35.3 Å². The summed E-state index contributed by atoms with van der Waals surface area (Å²) in [5.41, 5.74) is 6.56. The van der Waals surface area contributed by atoms with E-state index in [0.29, 0.717) is 69.8 Å². The molecule has 3 heterocycles. The van der Waals surface area contributed by atoms with Gasteiger partial charge in [0.1, 0.15) is 36.2 Å². The molecule has 3 fully saturated rings. The Morgan fingerprint density at radius 2 is 1.60 bits per heavy atom. The van der Waals surface area contributed by atoms with Gasteiger partial charge >= 0.3 is 12.1 Å². The lowest BCUT2D eigenvalue weighted by Crippen LogP contribution is -2.61. The van der Waals surface area contributed by atoms with Crippen molar-refractivity contribution in [2.75, 3.05) is 27.9 Å². The minimum atomic E-state index is -2.45. The Bertz CT molecular complexity index is 1880. The first-order chi connectivity index (χ1) is 32.1. The summed E-state index contributed by atoms with van der Waals surface area (Å²) >= 11 is 0. The predicted molar refractivity (Wildman–Crippen MR) is 254 cm³/mol. The molecular formula is C52H80N2O14. The van der Waals surface area contributed by atoms with Gasteiger partial charge in [0.2, 0.25) is 5.79 Å². The molecule has 0 radical (unpaired) electrons. The van der Waals surface area contributed by atoms with E-state index in [0.717, 1.165) is 5.57 Å². The highest BCUT2D eigenvalue weighted by Crippen LogP contribution is 2.38. The molecule has 4 rings (SSSR count). The summed E-state index contributed by atoms with van der Waals surface area (Å²) in [5.74, 6) is -8.30. The van der Waals surface area contributed by atoms with E-state index < -0.39 is 102 Å². The third-order valence-electron chi connectivity index (χ3n) is 14.7. The van der Waals surface area contributed by atoms with Crippen molar-refractivity contribution in [1.29, 1.82) is 0 Å². The molecule has 16 nitrogen and oxygen atoms in total. The molecule has 0 aromatic carbocycles. The number of fused-ring (bicyclic) bond motifs is 3. The second-order valence-corrected chi connectivity index (χ2v) is 20.0. The number of Topliss-reactive ketones (excluding diaryl/α,β-unsaturated/α-hetero) is 3. The van der Waals surface area contributed by atoms with E-state index in [2.05, 4.69) is 0 Å². The molecule has 382 valence electrons. The molecule has 2 amide bonds. The lowest BCUT2D eigenvalue weighted by molar-refractivity contribution is -0.265. The van der Waals surface area contributed by atoms with Gasteiger partial charge in [0, 0.05) is 58.5 Å². The molecule has 0 aromatic heterocycles. The largest absolute Gasteiger partial charge is 0.460 e. The zero-order valence-electron chi connectivity index (χ0n) is 42.1. The third kappa shape index (κ3) is 15.0. The average molecular weight is 957 g/mol. The molecule has 4 N–H and O–H groups in total. The number of aliphatic hydroxyl groups is 2. The summed E-state index contributed by atoms with van der Waals surface area (Å²) in [7, 11) is 4.47. The third-order valence-corrected chi connectivity index (χ3v) is 14.7. The van der Waals surface area contributed by atoms with Crippen molar-refractivity contribution < 1.29 is 67.4 Å². The number of methoxy groups -OCH3 is 3. The van der Waals surface area contributed by atoms with Crippen LogP contribution in [0, 0.1) is 35.5 Å². The van der Waals surface area contributed by atoms with Gasteiger partial charge in [0.15, 0.2) is 5.78 Å². The number of rotatable bonds is 7. The highest BCUT2D eigenvalue weighted by molar-refractivity contribution is 6.39. The molecule has 3 aliphatic heterocycles. The monoisotopic (exact) mass is 957 g/mol. The number of ether oxygens (including phenoxy) is 6. The number of nitrogens with zero attached hydrogens (tertiary/aromatic N) is 1. The summed E-state index contributed by atoms with van der Waals surface area (Å²) < 4.78 is 34.8. The van der Waals surface area contributed by atoms with Crippen LogP contribution in [0.25, 0.3) is 0 Å². The van der Waals surface area contributed by atoms with E-state index in [1.165, 1.54) is 19.1 Å². The highest BCUT2D eigenvalue weighted by Gasteiger charge is 2.53. The van der Waals surface area contributed by atoms with Crippen LogP contribution in [0.1, 0.15) is 126 Å². The predicted octanol–water partition coefficient (Wildman–Crippen LogP) is 6.28. The Labute approximate surface area is 403 Å². The van der Waals surface area contributed by atoms with Crippen LogP contribution in [0.5, 0.6) is 0 Å². The molecule has 1 aliphatic carbocycles. The maximum atomic E-state index is 14.4. The number of hydrogen-bond donors (Lipinski definition) is 3. The number of carbonyl (C=O) groups excluding carboxylic acids is 6. The number of nitrogens with two attached hydrogens (primary N) is 1. The molecule has 15 atom stereocenters. The minimum Gasteiger partial charge on any atom is -0.460 e. The number of ketones is 3. The zero-order chi connectivity index (χ0) is 50.5. The van der Waals surface area contributed by atoms with Crippen molar-refractivity contribution in [2.45, 2.75) is 180 Å². The quantitative estimate of drug-likeness (QED) is 0.145. The van der Waals surface area contributed by atoms with Crippen LogP contribution in [-0.2, 0) is 52.4 Å². The topological polar surface area (TPSA) is 228 Å². The molecule has 1 saturated carbocycles. The van der Waals surface area contributed by atoms with Crippen molar-refractivity contribution in [3.63, 3.8) is 0 Å². The van der Waals surface area contributed by atoms with E-state index in [1.54, 1.807) is 40.9 Å². The van der Waals surface area contributed by atoms with Crippen molar-refractivity contribution in [3.8, 4) is 0 Å². The van der Waals surface area contributed by atoms with Crippen molar-refractivity contribution in [1.82, 2.24) is 4.90 Å². The van der Waals surface area contributed by atoms with Crippen LogP contribution in [0.4, 0.5) is 4.79 Å². The van der Waals surface area contributed by atoms with Crippen molar-refractivity contribution in [2.24, 2.45) is 41.2 Å². The Kier molecular flexibility index (Phi) is 21.8. The molecule has 16 heteroatoms. The summed E-state index contributed by atoms with van der Waals surface area (Å²) in [4.78, 5) is 83.6. The molecule has 0 spiro atoms. The first-order valence-electron chi connectivity index (χ1n) is 24.6. The van der Waals surface area contributed by atoms with Gasteiger partial charge < -0.3 is 49.3 Å². The van der Waals surface area contributed by atoms with Crippen molar-refractivity contribution in [3.05, 3.63) is 47.6 Å². The number of aliphatic hydroxyl groups excluding tert-OH is 1. The van der Waals surface area contributed by atoms with E-state index in [9.17, 15) is 39.0 Å². The van der Waals surface area contributed by atoms with Gasteiger partial charge in [0.05, 0.1) is 18.3 Å². The maximum absolute atomic E-state index is 14.4. The number of allylic oxidation sites excluding steroid dienone is 6. The number of carbonyl (C=O) groups is 6.